The van der Waals surface area contributed by atoms with Gasteiger partial charge in [0.2, 0.25) is 0 Å². The molecule has 0 atom stereocenters. The molecule has 0 saturated carbocycles. The molecule has 0 bridgehead atoms. The predicted octanol–water partition coefficient (Wildman–Crippen LogP) is 4.95. The number of Topliss-reactive ketones (excluding diaryl/α,β-unsaturated/α-hetero) is 1. The number of hydrogen-bond acceptors (Lipinski definition) is 2. The van der Waals surface area contributed by atoms with Crippen LogP contribution in [-0.4, -0.2) is 12.9 Å². The Morgan fingerprint density at radius 3 is 2.55 bits per heavy atom. The average molecular weight is 398 g/mol. The van der Waals surface area contributed by atoms with Crippen molar-refractivity contribution in [3.05, 3.63) is 62.0 Å². The van der Waals surface area contributed by atoms with E-state index in [0.717, 1.165) is 31.4 Å². The SMILES string of the molecule is COc1ccc(Br)c(CC(=O)c2ccc(Br)cc2C)c1. The first-order valence-electron chi connectivity index (χ1n) is 6.13. The van der Waals surface area contributed by atoms with Crippen molar-refractivity contribution in [3.63, 3.8) is 0 Å². The van der Waals surface area contributed by atoms with Crippen molar-refractivity contribution in [1.82, 2.24) is 0 Å². The number of hydrogen-bond donors (Lipinski definition) is 0. The summed E-state index contributed by atoms with van der Waals surface area (Å²) in [4.78, 5) is 12.4. The lowest BCUT2D eigenvalue weighted by molar-refractivity contribution is 0.0992. The lowest BCUT2D eigenvalue weighted by Gasteiger charge is -2.09. The van der Waals surface area contributed by atoms with Crippen LogP contribution < -0.4 is 4.74 Å². The molecule has 104 valence electrons. The minimum absolute atomic E-state index is 0.101. The third kappa shape index (κ3) is 3.49. The molecule has 0 aliphatic rings. The quantitative estimate of drug-likeness (QED) is 0.682. The standard InChI is InChI=1S/C16H14Br2O2/c1-10-7-12(17)3-5-14(10)16(19)9-11-8-13(20-2)4-6-15(11)18/h3-8H,9H2,1-2H3. The summed E-state index contributed by atoms with van der Waals surface area (Å²) in [5.74, 6) is 0.854. The zero-order valence-corrected chi connectivity index (χ0v) is 14.4. The molecule has 0 aliphatic heterocycles. The summed E-state index contributed by atoms with van der Waals surface area (Å²) in [6.45, 7) is 1.94. The first-order valence-corrected chi connectivity index (χ1v) is 7.71. The summed E-state index contributed by atoms with van der Waals surface area (Å²) in [5.41, 5.74) is 2.66. The molecule has 0 unspecified atom stereocenters. The predicted molar refractivity (Wildman–Crippen MR) is 87.6 cm³/mol. The molecule has 0 aliphatic carbocycles. The van der Waals surface area contributed by atoms with Crippen LogP contribution >= 0.6 is 31.9 Å². The van der Waals surface area contributed by atoms with Gasteiger partial charge in [0.15, 0.2) is 5.78 Å². The largest absolute Gasteiger partial charge is 0.497 e. The second-order valence-electron chi connectivity index (χ2n) is 4.52. The molecule has 0 fully saturated rings. The molecule has 2 nitrogen and oxygen atoms in total. The molecule has 0 amide bonds. The van der Waals surface area contributed by atoms with Crippen molar-refractivity contribution >= 4 is 37.6 Å². The number of halogens is 2. The summed E-state index contributed by atoms with van der Waals surface area (Å²) >= 11 is 6.88. The van der Waals surface area contributed by atoms with Crippen LogP contribution in [0.25, 0.3) is 0 Å². The van der Waals surface area contributed by atoms with Gasteiger partial charge in [-0.1, -0.05) is 37.9 Å². The molecule has 4 heteroatoms. The molecule has 0 aromatic heterocycles. The van der Waals surface area contributed by atoms with Gasteiger partial charge in [0.1, 0.15) is 5.75 Å². The summed E-state index contributed by atoms with van der Waals surface area (Å²) in [6, 6.07) is 11.3. The van der Waals surface area contributed by atoms with Crippen LogP contribution in [0.4, 0.5) is 0 Å². The van der Waals surface area contributed by atoms with E-state index in [-0.39, 0.29) is 5.78 Å². The molecule has 0 heterocycles. The lowest BCUT2D eigenvalue weighted by Crippen LogP contribution is -2.06. The Bertz CT molecular complexity index is 651. The fourth-order valence-corrected chi connectivity index (χ4v) is 2.88. The van der Waals surface area contributed by atoms with Gasteiger partial charge in [0.25, 0.3) is 0 Å². The van der Waals surface area contributed by atoms with Crippen LogP contribution in [0.3, 0.4) is 0 Å². The topological polar surface area (TPSA) is 26.3 Å². The minimum Gasteiger partial charge on any atom is -0.497 e. The van der Waals surface area contributed by atoms with Gasteiger partial charge in [-0.15, -0.1) is 0 Å². The van der Waals surface area contributed by atoms with Gasteiger partial charge in [-0.2, -0.15) is 0 Å². The summed E-state index contributed by atoms with van der Waals surface area (Å²) in [7, 11) is 1.62. The Labute approximate surface area is 135 Å². The van der Waals surface area contributed by atoms with E-state index in [2.05, 4.69) is 31.9 Å². The first kappa shape index (κ1) is 15.3. The van der Waals surface area contributed by atoms with Gasteiger partial charge in [-0.25, -0.2) is 0 Å². The Morgan fingerprint density at radius 2 is 1.90 bits per heavy atom. The summed E-state index contributed by atoms with van der Waals surface area (Å²) in [6.07, 6.45) is 0.347. The number of ether oxygens (including phenoxy) is 1. The number of benzene rings is 2. The van der Waals surface area contributed by atoms with Crippen LogP contribution in [0, 0.1) is 6.92 Å². The zero-order chi connectivity index (χ0) is 14.7. The fraction of sp³-hybridized carbons (Fsp3) is 0.188. The monoisotopic (exact) mass is 396 g/mol. The highest BCUT2D eigenvalue weighted by Crippen LogP contribution is 2.25. The van der Waals surface area contributed by atoms with Crippen LogP contribution in [0.5, 0.6) is 5.75 Å². The van der Waals surface area contributed by atoms with E-state index in [1.54, 1.807) is 7.11 Å². The maximum absolute atomic E-state index is 12.4. The molecule has 0 spiro atoms. The van der Waals surface area contributed by atoms with Crippen LogP contribution in [0.2, 0.25) is 0 Å². The van der Waals surface area contributed by atoms with Crippen molar-refractivity contribution in [2.24, 2.45) is 0 Å². The molecule has 2 rings (SSSR count). The van der Waals surface area contributed by atoms with E-state index in [1.807, 2.05) is 43.3 Å². The average Bonchev–Trinajstić information content (AvgIpc) is 2.41. The lowest BCUT2D eigenvalue weighted by atomic mass is 9.99. The highest BCUT2D eigenvalue weighted by molar-refractivity contribution is 9.10. The van der Waals surface area contributed by atoms with Crippen molar-refractivity contribution < 1.29 is 9.53 Å². The fourth-order valence-electron chi connectivity index (χ4n) is 2.02. The van der Waals surface area contributed by atoms with Crippen LogP contribution in [-0.2, 0) is 6.42 Å². The highest BCUT2D eigenvalue weighted by atomic mass is 79.9. The van der Waals surface area contributed by atoms with Crippen molar-refractivity contribution in [1.29, 1.82) is 0 Å². The first-order chi connectivity index (χ1) is 9.51. The molecule has 0 saturated heterocycles. The Morgan fingerprint density at radius 1 is 1.15 bits per heavy atom. The number of methoxy groups -OCH3 is 1. The third-order valence-electron chi connectivity index (χ3n) is 3.09. The summed E-state index contributed by atoms with van der Waals surface area (Å²) in [5, 5.41) is 0. The van der Waals surface area contributed by atoms with Gasteiger partial charge >= 0.3 is 0 Å². The van der Waals surface area contributed by atoms with Crippen molar-refractivity contribution in [2.75, 3.05) is 7.11 Å². The van der Waals surface area contributed by atoms with Gasteiger partial charge < -0.3 is 4.74 Å². The zero-order valence-electron chi connectivity index (χ0n) is 11.2. The highest BCUT2D eigenvalue weighted by Gasteiger charge is 2.12. The van der Waals surface area contributed by atoms with Gasteiger partial charge in [0, 0.05) is 20.9 Å². The maximum Gasteiger partial charge on any atom is 0.167 e. The Balaban J connectivity index is 2.27. The minimum atomic E-state index is 0.101. The second kappa shape index (κ2) is 6.55. The van der Waals surface area contributed by atoms with Gasteiger partial charge in [0.05, 0.1) is 7.11 Å². The molecule has 0 radical (unpaired) electrons. The van der Waals surface area contributed by atoms with E-state index >= 15 is 0 Å². The Hall–Kier alpha value is -1.13. The van der Waals surface area contributed by atoms with E-state index in [9.17, 15) is 4.79 Å². The Kier molecular flexibility index (Phi) is 5.00. The molecule has 20 heavy (non-hydrogen) atoms. The molecule has 2 aromatic rings. The van der Waals surface area contributed by atoms with E-state index in [1.165, 1.54) is 0 Å². The number of rotatable bonds is 4. The third-order valence-corrected chi connectivity index (χ3v) is 4.36. The van der Waals surface area contributed by atoms with Crippen molar-refractivity contribution in [3.8, 4) is 5.75 Å². The number of carbonyl (C=O) groups is 1. The molecular formula is C16H14Br2O2. The van der Waals surface area contributed by atoms with Crippen LogP contribution in [0.1, 0.15) is 21.5 Å². The van der Waals surface area contributed by atoms with E-state index in [0.29, 0.717) is 6.42 Å². The van der Waals surface area contributed by atoms with Gasteiger partial charge in [-0.05, 0) is 48.4 Å². The van der Waals surface area contributed by atoms with Crippen LogP contribution in [0.15, 0.2) is 45.3 Å². The number of ketones is 1. The number of aryl methyl sites for hydroxylation is 1. The van der Waals surface area contributed by atoms with E-state index in [4.69, 9.17) is 4.74 Å². The smallest absolute Gasteiger partial charge is 0.167 e. The maximum atomic E-state index is 12.4. The molecular weight excluding hydrogens is 384 g/mol. The normalized spacial score (nSPS) is 10.4. The molecule has 2 aromatic carbocycles. The second-order valence-corrected chi connectivity index (χ2v) is 6.29. The van der Waals surface area contributed by atoms with Crippen molar-refractivity contribution in [2.45, 2.75) is 13.3 Å². The number of carbonyl (C=O) groups excluding carboxylic acids is 1. The van der Waals surface area contributed by atoms with Gasteiger partial charge in [-0.3, -0.25) is 4.79 Å². The summed E-state index contributed by atoms with van der Waals surface area (Å²) < 4.78 is 7.10. The molecule has 0 N–H and O–H groups in total. The van der Waals surface area contributed by atoms with E-state index < -0.39 is 0 Å².